The second kappa shape index (κ2) is 6.63. The SMILES string of the molecule is CC(C)(C)OC(=O)N1CC(Oc2ncc(B3OC(C)(C)C(C)(C)O3)cn2)C1. The van der Waals surface area contributed by atoms with E-state index in [-0.39, 0.29) is 18.2 Å². The maximum atomic E-state index is 11.9. The van der Waals surface area contributed by atoms with Gasteiger partial charge in [-0.3, -0.25) is 0 Å². The maximum Gasteiger partial charge on any atom is 0.498 e. The quantitative estimate of drug-likeness (QED) is 0.743. The number of amides is 1. The maximum absolute atomic E-state index is 11.9. The lowest BCUT2D eigenvalue weighted by atomic mass is 9.81. The molecule has 2 fully saturated rings. The van der Waals surface area contributed by atoms with Gasteiger partial charge in [-0.1, -0.05) is 0 Å². The number of carbonyl (C=O) groups excluding carboxylic acids is 1. The summed E-state index contributed by atoms with van der Waals surface area (Å²) in [5, 5.41) is 0. The Morgan fingerprint density at radius 1 is 1.15 bits per heavy atom. The summed E-state index contributed by atoms with van der Waals surface area (Å²) >= 11 is 0. The van der Waals surface area contributed by atoms with Gasteiger partial charge in [-0.2, -0.15) is 0 Å². The van der Waals surface area contributed by atoms with Gasteiger partial charge in [0.1, 0.15) is 11.7 Å². The van der Waals surface area contributed by atoms with E-state index in [4.69, 9.17) is 18.8 Å². The molecule has 9 heteroatoms. The fourth-order valence-electron chi connectivity index (χ4n) is 2.63. The molecule has 27 heavy (non-hydrogen) atoms. The molecular weight excluding hydrogens is 349 g/mol. The minimum Gasteiger partial charge on any atom is -0.456 e. The normalized spacial score (nSPS) is 21.7. The van der Waals surface area contributed by atoms with Crippen LogP contribution in [0.3, 0.4) is 0 Å². The predicted molar refractivity (Wildman–Crippen MR) is 100.0 cm³/mol. The minimum atomic E-state index is -0.504. The van der Waals surface area contributed by atoms with Crippen LogP contribution < -0.4 is 10.2 Å². The third-order valence-electron chi connectivity index (χ3n) is 4.95. The van der Waals surface area contributed by atoms with Crippen molar-refractivity contribution in [2.75, 3.05) is 13.1 Å². The highest BCUT2D eigenvalue weighted by Crippen LogP contribution is 2.36. The third-order valence-corrected chi connectivity index (χ3v) is 4.95. The molecule has 148 valence electrons. The Balaban J connectivity index is 1.51. The summed E-state index contributed by atoms with van der Waals surface area (Å²) in [7, 11) is -0.504. The molecule has 0 saturated carbocycles. The first kappa shape index (κ1) is 19.9. The molecule has 0 aromatic carbocycles. The molecule has 8 nitrogen and oxygen atoms in total. The van der Waals surface area contributed by atoms with Crippen LogP contribution in [0.15, 0.2) is 12.4 Å². The fraction of sp³-hybridized carbons (Fsp3) is 0.722. The van der Waals surface area contributed by atoms with Gasteiger partial charge in [0, 0.05) is 17.9 Å². The van der Waals surface area contributed by atoms with E-state index in [1.807, 2.05) is 48.5 Å². The topological polar surface area (TPSA) is 83.0 Å². The Labute approximate surface area is 160 Å². The van der Waals surface area contributed by atoms with Gasteiger partial charge in [-0.25, -0.2) is 14.8 Å². The van der Waals surface area contributed by atoms with Gasteiger partial charge in [-0.15, -0.1) is 0 Å². The lowest BCUT2D eigenvalue weighted by Gasteiger charge is -2.38. The number of carbonyl (C=O) groups is 1. The largest absolute Gasteiger partial charge is 0.498 e. The molecule has 0 unspecified atom stereocenters. The van der Waals surface area contributed by atoms with Crippen LogP contribution in [0.2, 0.25) is 0 Å². The van der Waals surface area contributed by atoms with Crippen molar-refractivity contribution in [3.05, 3.63) is 12.4 Å². The Morgan fingerprint density at radius 3 is 2.15 bits per heavy atom. The van der Waals surface area contributed by atoms with Crippen LogP contribution in [0.4, 0.5) is 4.79 Å². The van der Waals surface area contributed by atoms with E-state index in [2.05, 4.69) is 9.97 Å². The van der Waals surface area contributed by atoms with Gasteiger partial charge in [-0.05, 0) is 48.5 Å². The molecule has 0 spiro atoms. The van der Waals surface area contributed by atoms with Gasteiger partial charge in [0.25, 0.3) is 0 Å². The number of likely N-dealkylation sites (tertiary alicyclic amines) is 1. The summed E-state index contributed by atoms with van der Waals surface area (Å²) in [5.41, 5.74) is -0.589. The Bertz CT molecular complexity index is 680. The van der Waals surface area contributed by atoms with Crippen LogP contribution >= 0.6 is 0 Å². The highest BCUT2D eigenvalue weighted by atomic mass is 16.7. The Hall–Kier alpha value is -1.87. The number of hydrogen-bond acceptors (Lipinski definition) is 7. The minimum absolute atomic E-state index is 0.139. The molecule has 3 heterocycles. The van der Waals surface area contributed by atoms with E-state index < -0.39 is 23.9 Å². The van der Waals surface area contributed by atoms with Crippen LogP contribution in [-0.4, -0.2) is 64.1 Å². The van der Waals surface area contributed by atoms with E-state index in [0.717, 1.165) is 5.46 Å². The third kappa shape index (κ3) is 4.35. The first-order valence-corrected chi connectivity index (χ1v) is 9.18. The first-order chi connectivity index (χ1) is 12.4. The van der Waals surface area contributed by atoms with Crippen LogP contribution in [0.1, 0.15) is 48.5 Å². The highest BCUT2D eigenvalue weighted by molar-refractivity contribution is 6.61. The zero-order chi connectivity index (χ0) is 20.0. The second-order valence-electron chi connectivity index (χ2n) is 9.01. The summed E-state index contributed by atoms with van der Waals surface area (Å²) in [6.07, 6.45) is 2.82. The van der Waals surface area contributed by atoms with Crippen molar-refractivity contribution in [2.45, 2.75) is 71.4 Å². The average Bonchev–Trinajstić information content (AvgIpc) is 2.69. The Morgan fingerprint density at radius 2 is 1.67 bits per heavy atom. The molecule has 0 N–H and O–H groups in total. The average molecular weight is 377 g/mol. The molecule has 1 aromatic heterocycles. The molecule has 0 atom stereocenters. The molecule has 0 radical (unpaired) electrons. The van der Waals surface area contributed by atoms with Crippen molar-refractivity contribution in [3.63, 3.8) is 0 Å². The lowest BCUT2D eigenvalue weighted by Crippen LogP contribution is -2.57. The van der Waals surface area contributed by atoms with Crippen molar-refractivity contribution in [2.24, 2.45) is 0 Å². The van der Waals surface area contributed by atoms with Crippen LogP contribution in [0.5, 0.6) is 6.01 Å². The van der Waals surface area contributed by atoms with Gasteiger partial charge in [0.05, 0.1) is 24.3 Å². The van der Waals surface area contributed by atoms with Crippen molar-refractivity contribution in [1.29, 1.82) is 0 Å². The number of ether oxygens (including phenoxy) is 2. The molecule has 1 aromatic rings. The summed E-state index contributed by atoms with van der Waals surface area (Å²) in [5.74, 6) is 0. The molecule has 2 aliphatic heterocycles. The molecule has 1 amide bonds. The summed E-state index contributed by atoms with van der Waals surface area (Å²) in [6.45, 7) is 14.4. The first-order valence-electron chi connectivity index (χ1n) is 9.18. The van der Waals surface area contributed by atoms with Crippen molar-refractivity contribution in [1.82, 2.24) is 14.9 Å². The highest BCUT2D eigenvalue weighted by Gasteiger charge is 2.52. The molecule has 2 saturated heterocycles. The zero-order valence-corrected chi connectivity index (χ0v) is 17.1. The smallest absolute Gasteiger partial charge is 0.456 e. The van der Waals surface area contributed by atoms with Gasteiger partial charge >= 0.3 is 19.2 Å². The predicted octanol–water partition coefficient (Wildman–Crippen LogP) is 1.77. The molecule has 3 rings (SSSR count). The summed E-state index contributed by atoms with van der Waals surface area (Å²) in [4.78, 5) is 22.0. The summed E-state index contributed by atoms with van der Waals surface area (Å²) in [6, 6.07) is 0.268. The van der Waals surface area contributed by atoms with E-state index in [0.29, 0.717) is 13.1 Å². The van der Waals surface area contributed by atoms with Crippen LogP contribution in [0.25, 0.3) is 0 Å². The fourth-order valence-corrected chi connectivity index (χ4v) is 2.63. The van der Waals surface area contributed by atoms with Crippen molar-refractivity contribution in [3.8, 4) is 6.01 Å². The van der Waals surface area contributed by atoms with E-state index in [1.54, 1.807) is 17.3 Å². The van der Waals surface area contributed by atoms with E-state index in [1.165, 1.54) is 0 Å². The number of nitrogens with zero attached hydrogens (tertiary/aromatic N) is 3. The number of aromatic nitrogens is 2. The zero-order valence-electron chi connectivity index (χ0n) is 17.1. The molecule has 0 aliphatic carbocycles. The number of rotatable bonds is 3. The van der Waals surface area contributed by atoms with E-state index >= 15 is 0 Å². The van der Waals surface area contributed by atoms with E-state index in [9.17, 15) is 4.79 Å². The van der Waals surface area contributed by atoms with Gasteiger partial charge in [0.2, 0.25) is 0 Å². The lowest BCUT2D eigenvalue weighted by molar-refractivity contribution is -0.0244. The van der Waals surface area contributed by atoms with Crippen molar-refractivity contribution >= 4 is 18.7 Å². The second-order valence-corrected chi connectivity index (χ2v) is 9.01. The van der Waals surface area contributed by atoms with Crippen molar-refractivity contribution < 1.29 is 23.6 Å². The molecular formula is C18H28BN3O5. The molecule has 0 bridgehead atoms. The summed E-state index contributed by atoms with van der Waals surface area (Å²) < 4.78 is 23.0. The molecule has 2 aliphatic rings. The van der Waals surface area contributed by atoms with Crippen LogP contribution in [0, 0.1) is 0 Å². The Kier molecular flexibility index (Phi) is 4.88. The van der Waals surface area contributed by atoms with Gasteiger partial charge in [0.15, 0.2) is 0 Å². The number of hydrogen-bond donors (Lipinski definition) is 0. The monoisotopic (exact) mass is 377 g/mol. The van der Waals surface area contributed by atoms with Gasteiger partial charge < -0.3 is 23.7 Å². The standard InChI is InChI=1S/C18H28BN3O5/c1-16(2,3)25-15(23)22-10-13(11-22)24-14-20-8-12(9-21-14)19-26-17(4,5)18(6,7)27-19/h8-9,13H,10-11H2,1-7H3. The van der Waals surface area contributed by atoms with Crippen LogP contribution in [-0.2, 0) is 14.0 Å².